The van der Waals surface area contributed by atoms with Crippen molar-refractivity contribution in [3.8, 4) is 11.5 Å². The van der Waals surface area contributed by atoms with Crippen LogP contribution in [0.25, 0.3) is 0 Å². The quantitative estimate of drug-likeness (QED) is 0.786. The van der Waals surface area contributed by atoms with Gasteiger partial charge in [-0.15, -0.1) is 0 Å². The summed E-state index contributed by atoms with van der Waals surface area (Å²) in [5.74, 6) is 1.26. The predicted octanol–water partition coefficient (Wildman–Crippen LogP) is 2.66. The first-order valence-electron chi connectivity index (χ1n) is 8.16. The molecule has 2 aromatic carbocycles. The van der Waals surface area contributed by atoms with Crippen molar-refractivity contribution < 1.29 is 14.3 Å². The van der Waals surface area contributed by atoms with Gasteiger partial charge >= 0.3 is 0 Å². The first kappa shape index (κ1) is 16.2. The smallest absolute Gasteiger partial charge is 0.242 e. The molecule has 3 N–H and O–H groups in total. The van der Waals surface area contributed by atoms with Crippen molar-refractivity contribution in [3.63, 3.8) is 0 Å². The summed E-state index contributed by atoms with van der Waals surface area (Å²) in [5, 5.41) is 3.61. The Hall–Kier alpha value is -2.28. The van der Waals surface area contributed by atoms with Crippen LogP contribution in [0.3, 0.4) is 0 Å². The Bertz CT molecular complexity index is 782. The highest BCUT2D eigenvalue weighted by Gasteiger charge is 2.30. The lowest BCUT2D eigenvalue weighted by Gasteiger charge is -2.19. The van der Waals surface area contributed by atoms with E-state index >= 15 is 0 Å². The van der Waals surface area contributed by atoms with Gasteiger partial charge in [-0.3, -0.25) is 4.79 Å². The number of halogens is 1. The molecule has 0 aliphatic carbocycles. The molecule has 6 nitrogen and oxygen atoms in total. The standard InChI is InChI=1S/C18H18ClN3O3/c19-12-3-1-11(2-4-12)14-10-15(22-21-14)18(23)20-13-5-6-16-17(9-13)25-8-7-24-16/h1-6,9,14-15,21-22H,7-8,10H2,(H,20,23). The Morgan fingerprint density at radius 2 is 1.80 bits per heavy atom. The maximum absolute atomic E-state index is 12.5. The first-order chi connectivity index (χ1) is 12.2. The van der Waals surface area contributed by atoms with E-state index in [4.69, 9.17) is 21.1 Å². The number of fused-ring (bicyclic) bond motifs is 1. The fourth-order valence-electron chi connectivity index (χ4n) is 2.99. The van der Waals surface area contributed by atoms with E-state index in [1.165, 1.54) is 0 Å². The van der Waals surface area contributed by atoms with Gasteiger partial charge in [-0.1, -0.05) is 23.7 Å². The minimum atomic E-state index is -0.325. The monoisotopic (exact) mass is 359 g/mol. The number of ether oxygens (including phenoxy) is 2. The molecule has 2 unspecified atom stereocenters. The number of carbonyl (C=O) groups excluding carboxylic acids is 1. The average molecular weight is 360 g/mol. The zero-order chi connectivity index (χ0) is 17.2. The summed E-state index contributed by atoms with van der Waals surface area (Å²) < 4.78 is 11.0. The lowest BCUT2D eigenvalue weighted by atomic mass is 10.0. The van der Waals surface area contributed by atoms with Crippen LogP contribution in [0.2, 0.25) is 5.02 Å². The molecule has 25 heavy (non-hydrogen) atoms. The van der Waals surface area contributed by atoms with Crippen LogP contribution in [-0.4, -0.2) is 25.2 Å². The van der Waals surface area contributed by atoms with Gasteiger partial charge < -0.3 is 14.8 Å². The van der Waals surface area contributed by atoms with Crippen molar-refractivity contribution in [2.45, 2.75) is 18.5 Å². The van der Waals surface area contributed by atoms with E-state index in [0.29, 0.717) is 41.8 Å². The van der Waals surface area contributed by atoms with Crippen LogP contribution in [-0.2, 0) is 4.79 Å². The number of carbonyl (C=O) groups is 1. The number of hydrazine groups is 1. The highest BCUT2D eigenvalue weighted by atomic mass is 35.5. The average Bonchev–Trinajstić information content (AvgIpc) is 3.12. The van der Waals surface area contributed by atoms with E-state index in [1.54, 1.807) is 12.1 Å². The van der Waals surface area contributed by atoms with Crippen molar-refractivity contribution in [2.75, 3.05) is 18.5 Å². The Kier molecular flexibility index (Phi) is 4.48. The van der Waals surface area contributed by atoms with Gasteiger partial charge in [0, 0.05) is 22.8 Å². The van der Waals surface area contributed by atoms with Gasteiger partial charge in [-0.05, 0) is 36.2 Å². The van der Waals surface area contributed by atoms with E-state index in [2.05, 4.69) is 16.2 Å². The molecule has 7 heteroatoms. The topological polar surface area (TPSA) is 71.6 Å². The number of amides is 1. The molecule has 0 bridgehead atoms. The summed E-state index contributed by atoms with van der Waals surface area (Å²) in [4.78, 5) is 12.5. The van der Waals surface area contributed by atoms with E-state index in [-0.39, 0.29) is 18.0 Å². The highest BCUT2D eigenvalue weighted by Crippen LogP contribution is 2.33. The molecule has 2 aliphatic heterocycles. The Balaban J connectivity index is 1.39. The van der Waals surface area contributed by atoms with Crippen LogP contribution in [0, 0.1) is 0 Å². The van der Waals surface area contributed by atoms with E-state index < -0.39 is 0 Å². The molecule has 2 heterocycles. The fourth-order valence-corrected chi connectivity index (χ4v) is 3.12. The van der Waals surface area contributed by atoms with Crippen LogP contribution >= 0.6 is 11.6 Å². The molecule has 0 radical (unpaired) electrons. The number of hydrogen-bond acceptors (Lipinski definition) is 5. The van der Waals surface area contributed by atoms with Crippen molar-refractivity contribution in [1.29, 1.82) is 0 Å². The van der Waals surface area contributed by atoms with Gasteiger partial charge in [-0.25, -0.2) is 10.9 Å². The van der Waals surface area contributed by atoms with Crippen molar-refractivity contribution in [3.05, 3.63) is 53.1 Å². The summed E-state index contributed by atoms with van der Waals surface area (Å²) in [6.45, 7) is 1.06. The van der Waals surface area contributed by atoms with Crippen LogP contribution in [0.15, 0.2) is 42.5 Å². The number of hydrogen-bond donors (Lipinski definition) is 3. The molecule has 2 atom stereocenters. The van der Waals surface area contributed by atoms with Gasteiger partial charge in [0.2, 0.25) is 5.91 Å². The molecule has 1 saturated heterocycles. The second-order valence-electron chi connectivity index (χ2n) is 6.03. The second-order valence-corrected chi connectivity index (χ2v) is 6.47. The van der Waals surface area contributed by atoms with E-state index in [0.717, 1.165) is 5.56 Å². The van der Waals surface area contributed by atoms with Crippen molar-refractivity contribution in [2.24, 2.45) is 0 Å². The summed E-state index contributed by atoms with van der Waals surface area (Å²) in [6.07, 6.45) is 0.651. The third kappa shape index (κ3) is 3.56. The number of anilines is 1. The molecule has 1 amide bonds. The van der Waals surface area contributed by atoms with Crippen LogP contribution in [0.4, 0.5) is 5.69 Å². The number of rotatable bonds is 3. The molecule has 4 rings (SSSR count). The maximum Gasteiger partial charge on any atom is 0.242 e. The van der Waals surface area contributed by atoms with E-state index in [1.807, 2.05) is 30.3 Å². The van der Waals surface area contributed by atoms with Gasteiger partial charge in [0.15, 0.2) is 11.5 Å². The van der Waals surface area contributed by atoms with Crippen LogP contribution in [0.5, 0.6) is 11.5 Å². The van der Waals surface area contributed by atoms with Gasteiger partial charge in [0.05, 0.1) is 0 Å². The molecule has 0 spiro atoms. The molecular formula is C18H18ClN3O3. The summed E-state index contributed by atoms with van der Waals surface area (Å²) >= 11 is 5.92. The van der Waals surface area contributed by atoms with Gasteiger partial charge in [-0.2, -0.15) is 0 Å². The largest absolute Gasteiger partial charge is 0.486 e. The second kappa shape index (κ2) is 6.92. The minimum Gasteiger partial charge on any atom is -0.486 e. The lowest BCUT2D eigenvalue weighted by molar-refractivity contribution is -0.117. The zero-order valence-electron chi connectivity index (χ0n) is 13.4. The predicted molar refractivity (Wildman–Crippen MR) is 94.9 cm³/mol. The molecule has 130 valence electrons. The number of benzene rings is 2. The first-order valence-corrected chi connectivity index (χ1v) is 8.54. The SMILES string of the molecule is O=C(Nc1ccc2c(c1)OCCO2)C1CC(c2ccc(Cl)cc2)NN1. The minimum absolute atomic E-state index is 0.0632. The molecular weight excluding hydrogens is 342 g/mol. The Labute approximate surface area is 150 Å². The van der Waals surface area contributed by atoms with Crippen molar-refractivity contribution >= 4 is 23.2 Å². The van der Waals surface area contributed by atoms with Crippen LogP contribution in [0.1, 0.15) is 18.0 Å². The molecule has 2 aromatic rings. The van der Waals surface area contributed by atoms with Crippen molar-refractivity contribution in [1.82, 2.24) is 10.9 Å². The highest BCUT2D eigenvalue weighted by molar-refractivity contribution is 6.30. The zero-order valence-corrected chi connectivity index (χ0v) is 14.2. The van der Waals surface area contributed by atoms with Gasteiger partial charge in [0.1, 0.15) is 19.3 Å². The number of nitrogens with one attached hydrogen (secondary N) is 3. The normalized spacial score (nSPS) is 21.8. The van der Waals surface area contributed by atoms with Crippen LogP contribution < -0.4 is 25.6 Å². The Morgan fingerprint density at radius 1 is 1.04 bits per heavy atom. The molecule has 2 aliphatic rings. The summed E-state index contributed by atoms with van der Waals surface area (Å²) in [6, 6.07) is 12.8. The molecule has 1 fully saturated rings. The fraction of sp³-hybridized carbons (Fsp3) is 0.278. The van der Waals surface area contributed by atoms with Gasteiger partial charge in [0.25, 0.3) is 0 Å². The summed E-state index contributed by atoms with van der Waals surface area (Å²) in [5.41, 5.74) is 7.99. The molecule has 0 saturated carbocycles. The summed E-state index contributed by atoms with van der Waals surface area (Å²) in [7, 11) is 0. The maximum atomic E-state index is 12.5. The Morgan fingerprint density at radius 3 is 2.60 bits per heavy atom. The third-order valence-corrected chi connectivity index (χ3v) is 4.55. The third-order valence-electron chi connectivity index (χ3n) is 4.30. The van der Waals surface area contributed by atoms with E-state index in [9.17, 15) is 4.79 Å². The lowest BCUT2D eigenvalue weighted by Crippen LogP contribution is -2.39. The molecule has 0 aromatic heterocycles.